The van der Waals surface area contributed by atoms with Crippen LogP contribution >= 0.6 is 12.4 Å². The monoisotopic (exact) mass is 244 g/mol. The zero-order valence-electron chi connectivity index (χ0n) is 8.50. The minimum atomic E-state index is -0.402. The highest BCUT2D eigenvalue weighted by Gasteiger charge is 2.09. The molecule has 1 heterocycles. The van der Waals surface area contributed by atoms with Crippen LogP contribution in [0, 0.1) is 0 Å². The van der Waals surface area contributed by atoms with E-state index in [2.05, 4.69) is 5.16 Å². The van der Waals surface area contributed by atoms with Gasteiger partial charge in [-0.3, -0.25) is 0 Å². The van der Waals surface area contributed by atoms with E-state index < -0.39 is 6.04 Å². The third kappa shape index (κ3) is 2.63. The molecular weight excluding hydrogens is 232 g/mol. The molecule has 5 nitrogen and oxygen atoms in total. The average Bonchev–Trinajstić information content (AvgIpc) is 2.69. The predicted molar refractivity (Wildman–Crippen MR) is 61.8 cm³/mol. The topological polar surface area (TPSA) is 81.5 Å². The van der Waals surface area contributed by atoms with Crippen LogP contribution < -0.4 is 10.5 Å². The Kier molecular flexibility index (Phi) is 4.54. The van der Waals surface area contributed by atoms with Gasteiger partial charge >= 0.3 is 0 Å². The lowest BCUT2D eigenvalue weighted by molar-refractivity contribution is 0.198. The van der Waals surface area contributed by atoms with Crippen molar-refractivity contribution in [3.8, 4) is 5.88 Å². The first-order valence-corrected chi connectivity index (χ1v) is 4.65. The quantitative estimate of drug-likeness (QED) is 0.837. The second-order valence-electron chi connectivity index (χ2n) is 3.24. The molecule has 16 heavy (non-hydrogen) atoms. The lowest BCUT2D eigenvalue weighted by Gasteiger charge is -2.07. The summed E-state index contributed by atoms with van der Waals surface area (Å²) in [6.07, 6.45) is 0. The Balaban J connectivity index is 0.00000128. The first-order chi connectivity index (χ1) is 7.31. The smallest absolute Gasteiger partial charge is 0.262 e. The average molecular weight is 245 g/mol. The number of nitrogens with zero attached hydrogens (tertiary/aromatic N) is 1. The maximum Gasteiger partial charge on any atom is 0.262 e. The molecule has 88 valence electrons. The number of aliphatic hydroxyl groups excluding tert-OH is 1. The summed E-state index contributed by atoms with van der Waals surface area (Å²) in [6.45, 7) is 0.100. The van der Waals surface area contributed by atoms with Crippen molar-refractivity contribution in [1.82, 2.24) is 5.16 Å². The molecule has 0 fully saturated rings. The summed E-state index contributed by atoms with van der Waals surface area (Å²) >= 11 is 0. The highest BCUT2D eigenvalue weighted by Crippen LogP contribution is 2.23. The van der Waals surface area contributed by atoms with E-state index in [1.54, 1.807) is 6.07 Å². The van der Waals surface area contributed by atoms with Crippen molar-refractivity contribution in [2.24, 2.45) is 5.73 Å². The van der Waals surface area contributed by atoms with Gasteiger partial charge in [0.15, 0.2) is 5.58 Å². The van der Waals surface area contributed by atoms with Crippen LogP contribution in [0.15, 0.2) is 28.8 Å². The van der Waals surface area contributed by atoms with Crippen molar-refractivity contribution in [3.05, 3.63) is 24.3 Å². The Morgan fingerprint density at radius 1 is 1.44 bits per heavy atom. The molecule has 2 aromatic rings. The number of aromatic nitrogens is 1. The first-order valence-electron chi connectivity index (χ1n) is 4.65. The van der Waals surface area contributed by atoms with E-state index in [-0.39, 0.29) is 25.6 Å². The molecule has 0 bridgehead atoms. The highest BCUT2D eigenvalue weighted by atomic mass is 35.5. The molecule has 6 heteroatoms. The standard InChI is InChI=1S/C10H12N2O3.ClH/c11-7(5-13)6-14-10-8-3-1-2-4-9(8)15-12-10;/h1-4,7,13H,5-6,11H2;1H. The zero-order valence-corrected chi connectivity index (χ0v) is 9.31. The Morgan fingerprint density at radius 2 is 2.19 bits per heavy atom. The molecule has 1 aromatic heterocycles. The minimum absolute atomic E-state index is 0. The largest absolute Gasteiger partial charge is 0.473 e. The number of para-hydroxylation sites is 1. The Hall–Kier alpha value is -1.30. The molecule has 0 aliphatic rings. The van der Waals surface area contributed by atoms with E-state index in [1.807, 2.05) is 18.2 Å². The number of hydrogen-bond acceptors (Lipinski definition) is 5. The number of nitrogens with two attached hydrogens (primary N) is 1. The van der Waals surface area contributed by atoms with Crippen molar-refractivity contribution < 1.29 is 14.4 Å². The SMILES string of the molecule is Cl.NC(CO)COc1noc2ccccc12. The third-order valence-corrected chi connectivity index (χ3v) is 2.01. The number of benzene rings is 1. The fourth-order valence-corrected chi connectivity index (χ4v) is 1.21. The van der Waals surface area contributed by atoms with Gasteiger partial charge in [0.2, 0.25) is 0 Å². The summed E-state index contributed by atoms with van der Waals surface area (Å²) in [7, 11) is 0. The van der Waals surface area contributed by atoms with Crippen LogP contribution in [0.25, 0.3) is 11.0 Å². The van der Waals surface area contributed by atoms with Crippen molar-refractivity contribution in [2.45, 2.75) is 6.04 Å². The Morgan fingerprint density at radius 3 is 2.94 bits per heavy atom. The van der Waals surface area contributed by atoms with Crippen LogP contribution in [-0.2, 0) is 0 Å². The molecular formula is C10H13ClN2O3. The van der Waals surface area contributed by atoms with Gasteiger partial charge in [-0.15, -0.1) is 12.4 Å². The van der Waals surface area contributed by atoms with E-state index in [0.717, 1.165) is 5.39 Å². The van der Waals surface area contributed by atoms with E-state index in [9.17, 15) is 0 Å². The minimum Gasteiger partial charge on any atom is -0.473 e. The lowest BCUT2D eigenvalue weighted by Crippen LogP contribution is -2.31. The third-order valence-electron chi connectivity index (χ3n) is 2.01. The van der Waals surface area contributed by atoms with Gasteiger partial charge in [0.05, 0.1) is 18.0 Å². The summed E-state index contributed by atoms with van der Waals surface area (Å²) in [5.41, 5.74) is 6.17. The number of ether oxygens (including phenoxy) is 1. The van der Waals surface area contributed by atoms with Crippen LogP contribution in [0.2, 0.25) is 0 Å². The van der Waals surface area contributed by atoms with Gasteiger partial charge in [0, 0.05) is 0 Å². The lowest BCUT2D eigenvalue weighted by atomic mass is 10.3. The maximum atomic E-state index is 8.73. The van der Waals surface area contributed by atoms with Gasteiger partial charge < -0.3 is 20.1 Å². The molecule has 0 aliphatic heterocycles. The fourth-order valence-electron chi connectivity index (χ4n) is 1.21. The fraction of sp³-hybridized carbons (Fsp3) is 0.300. The van der Waals surface area contributed by atoms with Crippen molar-refractivity contribution >= 4 is 23.4 Å². The molecule has 0 amide bonds. The van der Waals surface area contributed by atoms with Crippen molar-refractivity contribution in [1.29, 1.82) is 0 Å². The van der Waals surface area contributed by atoms with E-state index in [1.165, 1.54) is 0 Å². The molecule has 0 aliphatic carbocycles. The van der Waals surface area contributed by atoms with E-state index in [4.69, 9.17) is 20.1 Å². The summed E-state index contributed by atoms with van der Waals surface area (Å²) in [6, 6.07) is 6.99. The van der Waals surface area contributed by atoms with Crippen LogP contribution in [0.1, 0.15) is 0 Å². The molecule has 0 spiro atoms. The van der Waals surface area contributed by atoms with Crippen molar-refractivity contribution in [2.75, 3.05) is 13.2 Å². The van der Waals surface area contributed by atoms with Gasteiger partial charge in [-0.1, -0.05) is 12.1 Å². The molecule has 1 unspecified atom stereocenters. The molecule has 2 rings (SSSR count). The van der Waals surface area contributed by atoms with Crippen LogP contribution in [0.3, 0.4) is 0 Å². The molecule has 3 N–H and O–H groups in total. The highest BCUT2D eigenvalue weighted by molar-refractivity contribution is 5.85. The van der Waals surface area contributed by atoms with Gasteiger partial charge in [0.25, 0.3) is 5.88 Å². The summed E-state index contributed by atoms with van der Waals surface area (Å²) in [5, 5.41) is 13.3. The number of fused-ring (bicyclic) bond motifs is 1. The van der Waals surface area contributed by atoms with E-state index in [0.29, 0.717) is 11.5 Å². The molecule has 0 saturated carbocycles. The van der Waals surface area contributed by atoms with Gasteiger partial charge in [0.1, 0.15) is 6.61 Å². The van der Waals surface area contributed by atoms with Crippen LogP contribution in [-0.4, -0.2) is 29.5 Å². The van der Waals surface area contributed by atoms with Gasteiger partial charge in [-0.25, -0.2) is 0 Å². The number of hydrogen-bond donors (Lipinski definition) is 2. The number of halogens is 1. The molecule has 1 aromatic carbocycles. The van der Waals surface area contributed by atoms with Crippen LogP contribution in [0.5, 0.6) is 5.88 Å². The molecule has 0 radical (unpaired) electrons. The summed E-state index contributed by atoms with van der Waals surface area (Å²) in [5.74, 6) is 0.412. The Bertz CT molecular complexity index is 446. The molecule has 0 saturated heterocycles. The first kappa shape index (κ1) is 12.8. The second-order valence-corrected chi connectivity index (χ2v) is 3.24. The maximum absolute atomic E-state index is 8.73. The Labute approximate surface area is 98.6 Å². The molecule has 1 atom stereocenters. The normalized spacial score (nSPS) is 12.1. The number of rotatable bonds is 4. The van der Waals surface area contributed by atoms with Gasteiger partial charge in [-0.2, -0.15) is 0 Å². The second kappa shape index (κ2) is 5.69. The predicted octanol–water partition coefficient (Wildman–Crippen LogP) is 0.948. The van der Waals surface area contributed by atoms with Gasteiger partial charge in [-0.05, 0) is 17.3 Å². The van der Waals surface area contributed by atoms with Crippen LogP contribution in [0.4, 0.5) is 0 Å². The van der Waals surface area contributed by atoms with E-state index >= 15 is 0 Å². The summed E-state index contributed by atoms with van der Waals surface area (Å²) in [4.78, 5) is 0. The zero-order chi connectivity index (χ0) is 10.7. The number of aliphatic hydroxyl groups is 1. The summed E-state index contributed by atoms with van der Waals surface area (Å²) < 4.78 is 10.4. The van der Waals surface area contributed by atoms with Crippen molar-refractivity contribution in [3.63, 3.8) is 0 Å².